The lowest BCUT2D eigenvalue weighted by atomic mass is 9.97. The van der Waals surface area contributed by atoms with E-state index in [4.69, 9.17) is 13.9 Å². The van der Waals surface area contributed by atoms with Gasteiger partial charge in [-0.15, -0.1) is 0 Å². The molecule has 1 aliphatic rings. The van der Waals surface area contributed by atoms with Crippen LogP contribution in [0.3, 0.4) is 0 Å². The number of furan rings is 1. The van der Waals surface area contributed by atoms with Crippen molar-refractivity contribution in [1.82, 2.24) is 4.90 Å². The molecule has 1 fully saturated rings. The molecule has 0 saturated carbocycles. The molecule has 1 aromatic heterocycles. The first-order valence-electron chi connectivity index (χ1n) is 9.34. The average Bonchev–Trinajstić information content (AvgIpc) is 2.99. The first-order valence-corrected chi connectivity index (χ1v) is 9.34. The van der Waals surface area contributed by atoms with Crippen molar-refractivity contribution in [3.8, 4) is 5.75 Å². The number of ether oxygens (including phenoxy) is 2. The molecule has 0 bridgehead atoms. The van der Waals surface area contributed by atoms with Crippen LogP contribution in [-0.2, 0) is 20.8 Å². The van der Waals surface area contributed by atoms with Crippen LogP contribution in [0.4, 0.5) is 0 Å². The van der Waals surface area contributed by atoms with Gasteiger partial charge in [0.2, 0.25) is 0 Å². The molecule has 0 radical (unpaired) electrons. The highest BCUT2D eigenvalue weighted by molar-refractivity contribution is 6.05. The van der Waals surface area contributed by atoms with E-state index in [1.54, 1.807) is 13.0 Å². The number of hydrogen-bond donors (Lipinski definition) is 1. The lowest BCUT2D eigenvalue weighted by Crippen LogP contribution is -2.36. The summed E-state index contributed by atoms with van der Waals surface area (Å²) in [6, 6.07) is 4.68. The van der Waals surface area contributed by atoms with Gasteiger partial charge in [0.25, 0.3) is 0 Å². The summed E-state index contributed by atoms with van der Waals surface area (Å²) >= 11 is 0. The smallest absolute Gasteiger partial charge is 0.342 e. The van der Waals surface area contributed by atoms with Crippen LogP contribution in [0, 0.1) is 5.92 Å². The van der Waals surface area contributed by atoms with Gasteiger partial charge in [0.1, 0.15) is 22.7 Å². The number of carbonyl (C=O) groups is 2. The number of hydrogen-bond acceptors (Lipinski definition) is 7. The molecule has 2 aromatic rings. The highest BCUT2D eigenvalue weighted by Crippen LogP contribution is 2.31. The Morgan fingerprint density at radius 2 is 1.89 bits per heavy atom. The Labute approximate surface area is 157 Å². The predicted molar refractivity (Wildman–Crippen MR) is 98.5 cm³/mol. The van der Waals surface area contributed by atoms with Crippen molar-refractivity contribution in [2.75, 3.05) is 26.3 Å². The van der Waals surface area contributed by atoms with E-state index in [0.29, 0.717) is 61.4 Å². The van der Waals surface area contributed by atoms with Crippen molar-refractivity contribution in [2.45, 2.75) is 33.2 Å². The molecule has 27 heavy (non-hydrogen) atoms. The van der Waals surface area contributed by atoms with E-state index in [2.05, 4.69) is 4.90 Å². The zero-order chi connectivity index (χ0) is 19.4. The van der Waals surface area contributed by atoms with Gasteiger partial charge in [-0.25, -0.2) is 4.79 Å². The molecule has 0 amide bonds. The molecule has 0 atom stereocenters. The van der Waals surface area contributed by atoms with Crippen molar-refractivity contribution in [3.63, 3.8) is 0 Å². The van der Waals surface area contributed by atoms with E-state index in [9.17, 15) is 14.7 Å². The zero-order valence-corrected chi connectivity index (χ0v) is 15.7. The number of rotatable bonds is 6. The molecular weight excluding hydrogens is 350 g/mol. The standard InChI is InChI=1S/C20H25NO6/c1-3-25-19(23)13-7-9-21(10-8-13)12-17-18(20(24)26-4-2)15-11-14(22)5-6-16(15)27-17/h5-6,11,13,22H,3-4,7-10,12H2,1-2H3. The second-order valence-corrected chi connectivity index (χ2v) is 6.60. The first-order chi connectivity index (χ1) is 13.0. The van der Waals surface area contributed by atoms with Crippen molar-refractivity contribution < 1.29 is 28.6 Å². The summed E-state index contributed by atoms with van der Waals surface area (Å²) in [6.07, 6.45) is 1.43. The summed E-state index contributed by atoms with van der Waals surface area (Å²) in [7, 11) is 0. The Bertz CT molecular complexity index is 819. The maximum atomic E-state index is 12.5. The molecule has 1 aliphatic heterocycles. The van der Waals surface area contributed by atoms with Crippen molar-refractivity contribution >= 4 is 22.9 Å². The molecule has 7 nitrogen and oxygen atoms in total. The monoisotopic (exact) mass is 375 g/mol. The van der Waals surface area contributed by atoms with Crippen molar-refractivity contribution in [3.05, 3.63) is 29.5 Å². The minimum Gasteiger partial charge on any atom is -0.508 e. The van der Waals surface area contributed by atoms with Gasteiger partial charge in [-0.05, 0) is 58.0 Å². The van der Waals surface area contributed by atoms with E-state index in [0.717, 1.165) is 0 Å². The number of phenols is 1. The van der Waals surface area contributed by atoms with Gasteiger partial charge in [0.05, 0.1) is 25.7 Å². The summed E-state index contributed by atoms with van der Waals surface area (Å²) in [5.41, 5.74) is 0.891. The fourth-order valence-corrected chi connectivity index (χ4v) is 3.46. The summed E-state index contributed by atoms with van der Waals surface area (Å²) in [6.45, 7) is 6.09. The summed E-state index contributed by atoms with van der Waals surface area (Å²) in [5.74, 6) is -0.0838. The Morgan fingerprint density at radius 1 is 1.19 bits per heavy atom. The molecule has 3 rings (SSSR count). The highest BCUT2D eigenvalue weighted by Gasteiger charge is 2.29. The van der Waals surface area contributed by atoms with Crippen LogP contribution >= 0.6 is 0 Å². The molecule has 1 N–H and O–H groups in total. The van der Waals surface area contributed by atoms with Crippen LogP contribution in [0.15, 0.2) is 22.6 Å². The van der Waals surface area contributed by atoms with E-state index in [1.807, 2.05) is 6.92 Å². The number of fused-ring (bicyclic) bond motifs is 1. The fraction of sp³-hybridized carbons (Fsp3) is 0.500. The number of nitrogens with zero attached hydrogens (tertiary/aromatic N) is 1. The predicted octanol–water partition coefficient (Wildman–Crippen LogP) is 3.09. The van der Waals surface area contributed by atoms with Crippen LogP contribution in [0.5, 0.6) is 5.75 Å². The fourth-order valence-electron chi connectivity index (χ4n) is 3.46. The average molecular weight is 375 g/mol. The first kappa shape index (κ1) is 19.2. The molecule has 0 aliphatic carbocycles. The Morgan fingerprint density at radius 3 is 2.56 bits per heavy atom. The largest absolute Gasteiger partial charge is 0.508 e. The molecule has 7 heteroatoms. The van der Waals surface area contributed by atoms with Gasteiger partial charge in [0.15, 0.2) is 0 Å². The molecule has 0 spiro atoms. The SMILES string of the molecule is CCOC(=O)c1c(CN2CCC(C(=O)OCC)CC2)oc2ccc(O)cc12. The quantitative estimate of drug-likeness (QED) is 0.776. The maximum Gasteiger partial charge on any atom is 0.342 e. The maximum absolute atomic E-state index is 12.5. The minimum absolute atomic E-state index is 0.0654. The van der Waals surface area contributed by atoms with Crippen LogP contribution in [-0.4, -0.2) is 48.2 Å². The molecule has 1 saturated heterocycles. The Balaban J connectivity index is 1.78. The Hall–Kier alpha value is -2.54. The molecule has 146 valence electrons. The number of carbonyl (C=O) groups excluding carboxylic acids is 2. The lowest BCUT2D eigenvalue weighted by Gasteiger charge is -2.30. The number of phenolic OH excluding ortho intramolecular Hbond substituents is 1. The zero-order valence-electron chi connectivity index (χ0n) is 15.7. The molecule has 0 unspecified atom stereocenters. The highest BCUT2D eigenvalue weighted by atomic mass is 16.5. The topological polar surface area (TPSA) is 89.2 Å². The van der Waals surface area contributed by atoms with E-state index in [-0.39, 0.29) is 24.2 Å². The second kappa shape index (κ2) is 8.43. The van der Waals surface area contributed by atoms with Gasteiger partial charge in [-0.1, -0.05) is 0 Å². The molecule has 1 aromatic carbocycles. The van der Waals surface area contributed by atoms with E-state index in [1.165, 1.54) is 12.1 Å². The van der Waals surface area contributed by atoms with Gasteiger partial charge in [0, 0.05) is 5.39 Å². The van der Waals surface area contributed by atoms with Crippen LogP contribution < -0.4 is 0 Å². The number of piperidine rings is 1. The van der Waals surface area contributed by atoms with Crippen molar-refractivity contribution in [2.24, 2.45) is 5.92 Å². The number of likely N-dealkylation sites (tertiary alicyclic amines) is 1. The third kappa shape index (κ3) is 4.24. The lowest BCUT2D eigenvalue weighted by molar-refractivity contribution is -0.149. The summed E-state index contributed by atoms with van der Waals surface area (Å²) in [4.78, 5) is 26.5. The number of esters is 2. The number of benzene rings is 1. The molecular formula is C20H25NO6. The van der Waals surface area contributed by atoms with Gasteiger partial charge in [-0.2, -0.15) is 0 Å². The third-order valence-electron chi connectivity index (χ3n) is 4.80. The second-order valence-electron chi connectivity index (χ2n) is 6.60. The third-order valence-corrected chi connectivity index (χ3v) is 4.80. The van der Waals surface area contributed by atoms with Gasteiger partial charge >= 0.3 is 11.9 Å². The van der Waals surface area contributed by atoms with Crippen LogP contribution in [0.1, 0.15) is 42.8 Å². The summed E-state index contributed by atoms with van der Waals surface area (Å²) in [5, 5.41) is 10.3. The van der Waals surface area contributed by atoms with Crippen LogP contribution in [0.2, 0.25) is 0 Å². The van der Waals surface area contributed by atoms with Crippen molar-refractivity contribution in [1.29, 1.82) is 0 Å². The van der Waals surface area contributed by atoms with Gasteiger partial charge < -0.3 is 19.0 Å². The normalized spacial score (nSPS) is 15.8. The Kier molecular flexibility index (Phi) is 6.01. The van der Waals surface area contributed by atoms with Gasteiger partial charge in [-0.3, -0.25) is 9.69 Å². The van der Waals surface area contributed by atoms with Crippen LogP contribution in [0.25, 0.3) is 11.0 Å². The minimum atomic E-state index is -0.460. The van der Waals surface area contributed by atoms with E-state index < -0.39 is 5.97 Å². The number of aromatic hydroxyl groups is 1. The summed E-state index contributed by atoms with van der Waals surface area (Å²) < 4.78 is 16.2. The molecule has 2 heterocycles. The van der Waals surface area contributed by atoms with E-state index >= 15 is 0 Å².